The van der Waals surface area contributed by atoms with Gasteiger partial charge in [-0.15, -0.1) is 0 Å². The van der Waals surface area contributed by atoms with Crippen molar-refractivity contribution in [3.8, 4) is 0 Å². The van der Waals surface area contributed by atoms with Crippen molar-refractivity contribution < 1.29 is 14.6 Å². The number of imidazole rings is 1. The Kier molecular flexibility index (Phi) is 4.55. The Morgan fingerprint density at radius 3 is 2.81 bits per heavy atom. The first-order chi connectivity index (χ1) is 13.0. The molecule has 1 saturated heterocycles. The number of hydrogen-bond donors (Lipinski definition) is 2. The summed E-state index contributed by atoms with van der Waals surface area (Å²) in [6.45, 7) is 4.41. The van der Waals surface area contributed by atoms with Crippen molar-refractivity contribution in [3.63, 3.8) is 0 Å². The second kappa shape index (κ2) is 6.88. The largest absolute Gasteiger partial charge is 0.381 e. The molecule has 0 bridgehead atoms. The summed E-state index contributed by atoms with van der Waals surface area (Å²) in [6.07, 6.45) is 2.86. The van der Waals surface area contributed by atoms with Gasteiger partial charge < -0.3 is 20.3 Å². The molecule has 1 aliphatic rings. The van der Waals surface area contributed by atoms with Gasteiger partial charge in [0.2, 0.25) is 5.79 Å². The van der Waals surface area contributed by atoms with E-state index in [-0.39, 0.29) is 17.8 Å². The van der Waals surface area contributed by atoms with Crippen LogP contribution in [0.3, 0.4) is 0 Å². The SMILES string of the molecule is CC[C@H]1OC(O)(c2cnc3c(N)ncnn23)[C@H](OCc2ccccc2)[C@@H]1C. The lowest BCUT2D eigenvalue weighted by atomic mass is 9.93. The number of aromatic nitrogens is 4. The summed E-state index contributed by atoms with van der Waals surface area (Å²) in [7, 11) is 0. The van der Waals surface area contributed by atoms with Crippen molar-refractivity contribution in [1.82, 2.24) is 19.6 Å². The highest BCUT2D eigenvalue weighted by Gasteiger charge is 2.55. The zero-order chi connectivity index (χ0) is 19.0. The standard InChI is InChI=1S/C19H23N5O3/c1-3-14-12(2)16(26-10-13-7-5-4-6-8-13)19(25,27-14)15-9-21-18-17(20)22-11-23-24(15)18/h4-9,11-12,14,16,25H,3,10H2,1-2H3,(H2,20,22,23)/t12-,14-,16-,19?/m1/s1. The topological polar surface area (TPSA) is 108 Å². The van der Waals surface area contributed by atoms with Gasteiger partial charge in [0.05, 0.1) is 18.9 Å². The first kappa shape index (κ1) is 17.8. The van der Waals surface area contributed by atoms with Gasteiger partial charge in [0, 0.05) is 5.92 Å². The number of nitrogens with two attached hydrogens (primary N) is 1. The lowest BCUT2D eigenvalue weighted by Gasteiger charge is -2.29. The molecule has 1 aromatic carbocycles. The second-order valence-corrected chi connectivity index (χ2v) is 6.86. The summed E-state index contributed by atoms with van der Waals surface area (Å²) in [5.74, 6) is -1.47. The van der Waals surface area contributed by atoms with Gasteiger partial charge in [0.25, 0.3) is 0 Å². The van der Waals surface area contributed by atoms with E-state index in [1.54, 1.807) is 0 Å². The van der Waals surface area contributed by atoms with Crippen molar-refractivity contribution in [3.05, 3.63) is 54.1 Å². The fourth-order valence-corrected chi connectivity index (χ4v) is 3.72. The van der Waals surface area contributed by atoms with E-state index in [1.165, 1.54) is 17.0 Å². The number of ether oxygens (including phenoxy) is 2. The van der Waals surface area contributed by atoms with Crippen LogP contribution < -0.4 is 5.73 Å². The number of hydrogen-bond acceptors (Lipinski definition) is 7. The maximum atomic E-state index is 11.5. The van der Waals surface area contributed by atoms with Crippen molar-refractivity contribution in [2.45, 2.75) is 44.9 Å². The summed E-state index contributed by atoms with van der Waals surface area (Å²) in [6, 6.07) is 9.84. The third kappa shape index (κ3) is 2.95. The van der Waals surface area contributed by atoms with Gasteiger partial charge in [0.1, 0.15) is 18.1 Å². The van der Waals surface area contributed by atoms with Crippen LogP contribution in [0.25, 0.3) is 5.65 Å². The molecule has 0 amide bonds. The smallest absolute Gasteiger partial charge is 0.239 e. The predicted molar refractivity (Wildman–Crippen MR) is 98.4 cm³/mol. The summed E-state index contributed by atoms with van der Waals surface area (Å²) in [5, 5.41) is 15.7. The minimum absolute atomic E-state index is 0.0200. The quantitative estimate of drug-likeness (QED) is 0.707. The molecule has 27 heavy (non-hydrogen) atoms. The highest BCUT2D eigenvalue weighted by molar-refractivity contribution is 5.59. The Bertz CT molecular complexity index is 931. The van der Waals surface area contributed by atoms with Gasteiger partial charge >= 0.3 is 0 Å². The number of aliphatic hydroxyl groups is 1. The van der Waals surface area contributed by atoms with Crippen molar-refractivity contribution >= 4 is 11.5 Å². The van der Waals surface area contributed by atoms with Gasteiger partial charge in [-0.1, -0.05) is 44.2 Å². The predicted octanol–water partition coefficient (Wildman–Crippen LogP) is 1.88. The molecule has 3 heterocycles. The molecular weight excluding hydrogens is 346 g/mol. The Hall–Kier alpha value is -2.55. The highest BCUT2D eigenvalue weighted by atomic mass is 16.7. The lowest BCUT2D eigenvalue weighted by Crippen LogP contribution is -2.41. The number of rotatable bonds is 5. The second-order valence-electron chi connectivity index (χ2n) is 6.86. The fraction of sp³-hybridized carbons (Fsp3) is 0.421. The molecule has 4 atom stereocenters. The zero-order valence-corrected chi connectivity index (χ0v) is 15.3. The van der Waals surface area contributed by atoms with E-state index in [1.807, 2.05) is 44.2 Å². The van der Waals surface area contributed by atoms with Crippen LogP contribution in [0.15, 0.2) is 42.9 Å². The van der Waals surface area contributed by atoms with Crippen LogP contribution in [0.2, 0.25) is 0 Å². The van der Waals surface area contributed by atoms with E-state index in [2.05, 4.69) is 15.1 Å². The molecule has 2 aromatic heterocycles. The van der Waals surface area contributed by atoms with Gasteiger partial charge in [-0.3, -0.25) is 0 Å². The monoisotopic (exact) mass is 369 g/mol. The average Bonchev–Trinajstić information content (AvgIpc) is 3.22. The Morgan fingerprint density at radius 2 is 2.07 bits per heavy atom. The molecule has 0 saturated carbocycles. The van der Waals surface area contributed by atoms with Gasteiger partial charge in [0.15, 0.2) is 11.5 Å². The third-order valence-electron chi connectivity index (χ3n) is 5.15. The van der Waals surface area contributed by atoms with Crippen LogP contribution in [0.1, 0.15) is 31.5 Å². The van der Waals surface area contributed by atoms with E-state index in [4.69, 9.17) is 15.2 Å². The highest BCUT2D eigenvalue weighted by Crippen LogP contribution is 2.44. The van der Waals surface area contributed by atoms with Crippen LogP contribution in [0.5, 0.6) is 0 Å². The summed E-state index contributed by atoms with van der Waals surface area (Å²) < 4.78 is 13.7. The molecule has 3 aromatic rings. The maximum absolute atomic E-state index is 11.5. The molecule has 3 N–H and O–H groups in total. The lowest BCUT2D eigenvalue weighted by molar-refractivity contribution is -0.251. The zero-order valence-electron chi connectivity index (χ0n) is 15.3. The van der Waals surface area contributed by atoms with E-state index in [9.17, 15) is 5.11 Å². The minimum Gasteiger partial charge on any atom is -0.381 e. The Labute approximate surface area is 157 Å². The van der Waals surface area contributed by atoms with Crippen molar-refractivity contribution in [1.29, 1.82) is 0 Å². The first-order valence-electron chi connectivity index (χ1n) is 9.05. The molecule has 0 spiro atoms. The van der Waals surface area contributed by atoms with E-state index < -0.39 is 11.9 Å². The van der Waals surface area contributed by atoms with Gasteiger partial charge in [-0.2, -0.15) is 5.10 Å². The molecule has 1 aliphatic heterocycles. The van der Waals surface area contributed by atoms with Gasteiger partial charge in [-0.05, 0) is 12.0 Å². The number of nitrogens with zero attached hydrogens (tertiary/aromatic N) is 4. The van der Waals surface area contributed by atoms with Gasteiger partial charge in [-0.25, -0.2) is 14.5 Å². The van der Waals surface area contributed by atoms with Crippen LogP contribution in [0.4, 0.5) is 5.82 Å². The molecule has 142 valence electrons. The molecular formula is C19H23N5O3. The molecule has 1 unspecified atom stereocenters. The summed E-state index contributed by atoms with van der Waals surface area (Å²) >= 11 is 0. The maximum Gasteiger partial charge on any atom is 0.239 e. The number of benzene rings is 1. The van der Waals surface area contributed by atoms with Crippen LogP contribution in [-0.2, 0) is 21.9 Å². The molecule has 1 fully saturated rings. The number of anilines is 1. The molecule has 4 rings (SSSR count). The molecule has 0 aliphatic carbocycles. The van der Waals surface area contributed by atoms with Crippen LogP contribution in [-0.4, -0.2) is 36.9 Å². The third-order valence-corrected chi connectivity index (χ3v) is 5.15. The molecule has 0 radical (unpaired) electrons. The summed E-state index contributed by atoms with van der Waals surface area (Å²) in [5.41, 5.74) is 7.65. The van der Waals surface area contributed by atoms with Crippen molar-refractivity contribution in [2.75, 3.05) is 5.73 Å². The van der Waals surface area contributed by atoms with E-state index in [0.717, 1.165) is 12.0 Å². The van der Waals surface area contributed by atoms with Crippen molar-refractivity contribution in [2.24, 2.45) is 5.92 Å². The number of nitrogen functional groups attached to an aromatic ring is 1. The average molecular weight is 369 g/mol. The normalized spacial score (nSPS) is 28.0. The van der Waals surface area contributed by atoms with E-state index >= 15 is 0 Å². The summed E-state index contributed by atoms with van der Waals surface area (Å²) in [4.78, 5) is 8.19. The number of fused-ring (bicyclic) bond motifs is 1. The minimum atomic E-state index is -1.69. The first-order valence-corrected chi connectivity index (χ1v) is 9.05. The van der Waals surface area contributed by atoms with Crippen LogP contribution >= 0.6 is 0 Å². The van der Waals surface area contributed by atoms with Crippen LogP contribution in [0, 0.1) is 5.92 Å². The Morgan fingerprint density at radius 1 is 1.30 bits per heavy atom. The fourth-order valence-electron chi connectivity index (χ4n) is 3.72. The molecule has 8 heteroatoms. The Balaban J connectivity index is 1.71. The van der Waals surface area contributed by atoms with E-state index in [0.29, 0.717) is 17.9 Å². The molecule has 8 nitrogen and oxygen atoms in total.